The molecular formula is C18H16Cl2NO2S. The molecule has 2 aromatic carbocycles. The summed E-state index contributed by atoms with van der Waals surface area (Å²) in [6.45, 7) is 1.95. The monoisotopic (exact) mass is 380 g/mol. The van der Waals surface area contributed by atoms with Crippen molar-refractivity contribution in [3.8, 4) is 0 Å². The standard InChI is InChI=1S/C18H16Cl2NO2S/c1-11-3-2-4-12(5-11)6-17(22)16(10-24)21-18(23)13-7-14(19)9-15(20)8-13/h2-9,16,24H,10H2,1H3,(H,21,23)/t16-/m1/s1. The van der Waals surface area contributed by atoms with Crippen LogP contribution in [0.3, 0.4) is 0 Å². The zero-order valence-corrected chi connectivity index (χ0v) is 15.3. The number of aryl methyl sites for hydroxylation is 1. The predicted molar refractivity (Wildman–Crippen MR) is 101 cm³/mol. The lowest BCUT2D eigenvalue weighted by Gasteiger charge is -2.16. The topological polar surface area (TPSA) is 46.2 Å². The molecule has 6 heteroatoms. The number of ketones is 1. The molecule has 2 aromatic rings. The summed E-state index contributed by atoms with van der Waals surface area (Å²) in [6, 6.07) is 11.3. The minimum absolute atomic E-state index is 0.182. The van der Waals surface area contributed by atoms with Crippen molar-refractivity contribution in [2.75, 3.05) is 5.75 Å². The van der Waals surface area contributed by atoms with Crippen LogP contribution in [0.25, 0.3) is 0 Å². The fraction of sp³-hybridized carbons (Fsp3) is 0.167. The highest BCUT2D eigenvalue weighted by Gasteiger charge is 2.21. The summed E-state index contributed by atoms with van der Waals surface area (Å²) in [6.07, 6.45) is 1.50. The summed E-state index contributed by atoms with van der Waals surface area (Å²) < 4.78 is 0. The number of Topliss-reactive ketones (excluding diaryl/α,β-unsaturated/α-hetero) is 1. The van der Waals surface area contributed by atoms with Gasteiger partial charge in [0.2, 0.25) is 0 Å². The highest BCUT2D eigenvalue weighted by molar-refractivity contribution is 7.80. The zero-order chi connectivity index (χ0) is 17.7. The molecule has 1 amide bonds. The Morgan fingerprint density at radius 3 is 2.42 bits per heavy atom. The van der Waals surface area contributed by atoms with E-state index in [1.807, 2.05) is 31.2 Å². The molecule has 3 nitrogen and oxygen atoms in total. The Bertz CT molecular complexity index is 744. The number of carbonyl (C=O) groups is 2. The first-order valence-corrected chi connectivity index (χ1v) is 8.61. The Morgan fingerprint density at radius 2 is 1.83 bits per heavy atom. The average molecular weight is 381 g/mol. The van der Waals surface area contributed by atoms with E-state index in [1.54, 1.807) is 0 Å². The molecule has 0 saturated heterocycles. The van der Waals surface area contributed by atoms with Crippen LogP contribution < -0.4 is 5.32 Å². The Labute approximate surface area is 156 Å². The number of carbonyl (C=O) groups excluding carboxylic acids is 2. The van der Waals surface area contributed by atoms with E-state index in [0.717, 1.165) is 11.1 Å². The smallest absolute Gasteiger partial charge is 0.251 e. The van der Waals surface area contributed by atoms with E-state index in [0.29, 0.717) is 15.6 Å². The van der Waals surface area contributed by atoms with Crippen molar-refractivity contribution in [3.05, 3.63) is 75.6 Å². The maximum atomic E-state index is 12.4. The van der Waals surface area contributed by atoms with Crippen LogP contribution in [-0.2, 0) is 4.79 Å². The van der Waals surface area contributed by atoms with E-state index in [1.165, 1.54) is 24.6 Å². The van der Waals surface area contributed by atoms with Gasteiger partial charge in [0.25, 0.3) is 5.91 Å². The van der Waals surface area contributed by atoms with Gasteiger partial charge in [0.15, 0.2) is 5.78 Å². The van der Waals surface area contributed by atoms with Crippen molar-refractivity contribution >= 4 is 47.5 Å². The number of amides is 1. The molecule has 0 bridgehead atoms. The second-order valence-electron chi connectivity index (χ2n) is 5.33. The molecule has 1 N–H and O–H groups in total. The van der Waals surface area contributed by atoms with E-state index in [9.17, 15) is 9.59 Å². The van der Waals surface area contributed by atoms with Gasteiger partial charge in [-0.05, 0) is 30.7 Å². The van der Waals surface area contributed by atoms with Gasteiger partial charge < -0.3 is 5.32 Å². The quantitative estimate of drug-likeness (QED) is 0.739. The lowest BCUT2D eigenvalue weighted by Crippen LogP contribution is -2.42. The Kier molecular flexibility index (Phi) is 6.72. The molecule has 0 unspecified atom stereocenters. The van der Waals surface area contributed by atoms with Crippen LogP contribution >= 0.6 is 35.8 Å². The van der Waals surface area contributed by atoms with Crippen molar-refractivity contribution in [2.24, 2.45) is 0 Å². The summed E-state index contributed by atoms with van der Waals surface area (Å²) in [7, 11) is 0. The van der Waals surface area contributed by atoms with Crippen LogP contribution in [0.2, 0.25) is 10.0 Å². The summed E-state index contributed by atoms with van der Waals surface area (Å²) in [4.78, 5) is 24.7. The molecule has 0 spiro atoms. The minimum atomic E-state index is -0.737. The third kappa shape index (κ3) is 5.26. The van der Waals surface area contributed by atoms with Gasteiger partial charge in [0, 0.05) is 21.4 Å². The molecule has 0 aliphatic rings. The maximum absolute atomic E-state index is 12.4. The van der Waals surface area contributed by atoms with Crippen LogP contribution in [0.15, 0.2) is 42.5 Å². The molecule has 125 valence electrons. The second-order valence-corrected chi connectivity index (χ2v) is 6.57. The highest BCUT2D eigenvalue weighted by atomic mass is 35.5. The number of thiol groups is 1. The van der Waals surface area contributed by atoms with Crippen molar-refractivity contribution < 1.29 is 9.59 Å². The zero-order valence-electron chi connectivity index (χ0n) is 12.9. The van der Waals surface area contributed by atoms with E-state index < -0.39 is 11.9 Å². The Balaban J connectivity index is 2.07. The first-order valence-electron chi connectivity index (χ1n) is 7.22. The molecule has 1 radical (unpaired) electrons. The van der Waals surface area contributed by atoms with E-state index >= 15 is 0 Å². The van der Waals surface area contributed by atoms with Crippen LogP contribution in [0.5, 0.6) is 0 Å². The molecule has 24 heavy (non-hydrogen) atoms. The molecule has 0 heterocycles. The highest BCUT2D eigenvalue weighted by Crippen LogP contribution is 2.19. The van der Waals surface area contributed by atoms with Crippen LogP contribution in [0, 0.1) is 13.3 Å². The molecule has 0 saturated carbocycles. The molecule has 0 aromatic heterocycles. The number of halogens is 2. The van der Waals surface area contributed by atoms with Crippen LogP contribution in [0.1, 0.15) is 21.5 Å². The fourth-order valence-corrected chi connectivity index (χ4v) is 2.96. The molecule has 0 fully saturated rings. The first-order chi connectivity index (χ1) is 11.4. The average Bonchev–Trinajstić information content (AvgIpc) is 2.51. The van der Waals surface area contributed by atoms with Crippen LogP contribution in [-0.4, -0.2) is 23.5 Å². The molecular weight excluding hydrogens is 365 g/mol. The van der Waals surface area contributed by atoms with E-state index in [2.05, 4.69) is 17.9 Å². The number of benzene rings is 2. The minimum Gasteiger partial charge on any atom is -0.341 e. The van der Waals surface area contributed by atoms with E-state index in [-0.39, 0.29) is 11.5 Å². The third-order valence-electron chi connectivity index (χ3n) is 3.31. The fourth-order valence-electron chi connectivity index (χ4n) is 2.16. The van der Waals surface area contributed by atoms with Gasteiger partial charge in [-0.1, -0.05) is 53.0 Å². The van der Waals surface area contributed by atoms with Gasteiger partial charge in [0.05, 0.1) is 12.5 Å². The van der Waals surface area contributed by atoms with Crippen molar-refractivity contribution in [1.82, 2.24) is 5.32 Å². The third-order valence-corrected chi connectivity index (χ3v) is 4.11. The summed E-state index contributed by atoms with van der Waals surface area (Å²) in [5.41, 5.74) is 2.13. The van der Waals surface area contributed by atoms with Gasteiger partial charge in [-0.3, -0.25) is 9.59 Å². The predicted octanol–water partition coefficient (Wildman–Crippen LogP) is 4.15. The number of nitrogens with one attached hydrogen (secondary N) is 1. The SMILES string of the molecule is Cc1cccc([CH]C(=O)[C@@H](CS)NC(=O)c2cc(Cl)cc(Cl)c2)c1. The largest absolute Gasteiger partial charge is 0.341 e. The van der Waals surface area contributed by atoms with Crippen LogP contribution in [0.4, 0.5) is 0 Å². The van der Waals surface area contributed by atoms with E-state index in [4.69, 9.17) is 23.2 Å². The van der Waals surface area contributed by atoms with Gasteiger partial charge >= 0.3 is 0 Å². The Hall–Kier alpha value is -1.49. The summed E-state index contributed by atoms with van der Waals surface area (Å²) >= 11 is 16.0. The number of hydrogen-bond donors (Lipinski definition) is 2. The first kappa shape index (κ1) is 18.8. The lowest BCUT2D eigenvalue weighted by molar-refractivity contribution is -0.116. The number of hydrogen-bond acceptors (Lipinski definition) is 3. The van der Waals surface area contributed by atoms with Crippen molar-refractivity contribution in [3.63, 3.8) is 0 Å². The normalized spacial score (nSPS) is 11.8. The maximum Gasteiger partial charge on any atom is 0.251 e. The van der Waals surface area contributed by atoms with Crippen molar-refractivity contribution in [1.29, 1.82) is 0 Å². The second kappa shape index (κ2) is 8.56. The Morgan fingerprint density at radius 1 is 1.17 bits per heavy atom. The molecule has 0 aliphatic carbocycles. The van der Waals surface area contributed by atoms with Gasteiger partial charge in [-0.15, -0.1) is 0 Å². The summed E-state index contributed by atoms with van der Waals surface area (Å²) in [5.74, 6) is -0.470. The lowest BCUT2D eigenvalue weighted by atomic mass is 10.0. The van der Waals surface area contributed by atoms with Crippen molar-refractivity contribution in [2.45, 2.75) is 13.0 Å². The van der Waals surface area contributed by atoms with Gasteiger partial charge in [0.1, 0.15) is 0 Å². The molecule has 0 aliphatic heterocycles. The molecule has 1 atom stereocenters. The summed E-state index contributed by atoms with van der Waals surface area (Å²) in [5, 5.41) is 3.37. The number of rotatable bonds is 6. The molecule has 2 rings (SSSR count). The van der Waals surface area contributed by atoms with Gasteiger partial charge in [-0.25, -0.2) is 0 Å². The van der Waals surface area contributed by atoms with Gasteiger partial charge in [-0.2, -0.15) is 12.6 Å².